The van der Waals surface area contributed by atoms with Crippen molar-refractivity contribution in [2.45, 2.75) is 13.3 Å². The van der Waals surface area contributed by atoms with Crippen molar-refractivity contribution in [2.24, 2.45) is 0 Å². The lowest BCUT2D eigenvalue weighted by atomic mass is 10.1. The predicted octanol–water partition coefficient (Wildman–Crippen LogP) is 3.13. The van der Waals surface area contributed by atoms with E-state index in [2.05, 4.69) is 0 Å². The summed E-state index contributed by atoms with van der Waals surface area (Å²) >= 11 is 1.23. The molecule has 1 N–H and O–H groups in total. The van der Waals surface area contributed by atoms with Gasteiger partial charge in [-0.2, -0.15) is 0 Å². The van der Waals surface area contributed by atoms with Crippen LogP contribution < -0.4 is 4.74 Å². The van der Waals surface area contributed by atoms with Crippen LogP contribution in [-0.4, -0.2) is 47.3 Å². The van der Waals surface area contributed by atoms with Gasteiger partial charge in [0.15, 0.2) is 0 Å². The van der Waals surface area contributed by atoms with Crippen LogP contribution in [0.2, 0.25) is 0 Å². The Hall–Kier alpha value is -2.57. The number of rotatable bonds is 9. The number of imide groups is 1. The molecule has 2 amide bonds. The highest BCUT2D eigenvalue weighted by Crippen LogP contribution is 2.36. The number of carbonyl (C=O) groups is 2. The number of ether oxygens (including phenoxy) is 1. The number of thioether (sulfide) groups is 1. The molecule has 6 heteroatoms. The van der Waals surface area contributed by atoms with Crippen LogP contribution in [0.1, 0.15) is 18.1 Å². The molecule has 1 heterocycles. The third kappa shape index (κ3) is 4.46. The van der Waals surface area contributed by atoms with Crippen molar-refractivity contribution in [1.29, 1.82) is 0 Å². The van der Waals surface area contributed by atoms with Gasteiger partial charge in [0.05, 0.1) is 23.7 Å². The zero-order valence-corrected chi connectivity index (χ0v) is 16.6. The Balaban J connectivity index is 1.84. The fourth-order valence-corrected chi connectivity index (χ4v) is 3.94. The standard InChI is InChI=1S/C22H23NO4S/c1-2-27-18-10-8-17(9-11-18)19-20(28-15-14-24)22(26)23(21(19)25)13-12-16-6-4-3-5-7-16/h3-11,24H,2,12-15H2,1H3. The molecular formula is C22H23NO4S. The second kappa shape index (κ2) is 9.57. The summed E-state index contributed by atoms with van der Waals surface area (Å²) in [5.74, 6) is 0.504. The van der Waals surface area contributed by atoms with Crippen LogP contribution in [0.4, 0.5) is 0 Å². The number of aliphatic hydroxyl groups excluding tert-OH is 1. The van der Waals surface area contributed by atoms with E-state index in [1.165, 1.54) is 16.7 Å². The van der Waals surface area contributed by atoms with E-state index in [1.807, 2.05) is 37.3 Å². The van der Waals surface area contributed by atoms with Gasteiger partial charge in [-0.05, 0) is 36.6 Å². The molecular weight excluding hydrogens is 374 g/mol. The monoisotopic (exact) mass is 397 g/mol. The summed E-state index contributed by atoms with van der Waals surface area (Å²) in [6.45, 7) is 2.73. The van der Waals surface area contributed by atoms with Crippen molar-refractivity contribution in [3.05, 3.63) is 70.6 Å². The van der Waals surface area contributed by atoms with E-state index >= 15 is 0 Å². The molecule has 0 unspecified atom stereocenters. The van der Waals surface area contributed by atoms with E-state index in [0.29, 0.717) is 47.1 Å². The summed E-state index contributed by atoms with van der Waals surface area (Å²) in [5.41, 5.74) is 2.16. The maximum Gasteiger partial charge on any atom is 0.267 e. The molecule has 0 spiro atoms. The van der Waals surface area contributed by atoms with Gasteiger partial charge in [-0.15, -0.1) is 11.8 Å². The van der Waals surface area contributed by atoms with Gasteiger partial charge in [-0.25, -0.2) is 0 Å². The third-order valence-corrected chi connectivity index (χ3v) is 5.44. The first kappa shape index (κ1) is 20.2. The number of carbonyl (C=O) groups excluding carboxylic acids is 2. The molecule has 0 bridgehead atoms. The van der Waals surface area contributed by atoms with E-state index in [1.54, 1.807) is 24.3 Å². The number of aliphatic hydroxyl groups is 1. The maximum atomic E-state index is 13.1. The van der Waals surface area contributed by atoms with E-state index in [9.17, 15) is 14.7 Å². The van der Waals surface area contributed by atoms with Crippen LogP contribution in [0, 0.1) is 0 Å². The van der Waals surface area contributed by atoms with Crippen molar-refractivity contribution < 1.29 is 19.4 Å². The number of benzene rings is 2. The van der Waals surface area contributed by atoms with E-state index in [-0.39, 0.29) is 18.4 Å². The number of amides is 2. The molecule has 1 aliphatic heterocycles. The minimum atomic E-state index is -0.289. The van der Waals surface area contributed by atoms with Gasteiger partial charge >= 0.3 is 0 Å². The van der Waals surface area contributed by atoms with Crippen LogP contribution in [0.3, 0.4) is 0 Å². The molecule has 2 aromatic rings. The molecule has 3 rings (SSSR count). The first-order valence-corrected chi connectivity index (χ1v) is 10.3. The Bertz CT molecular complexity index is 862. The molecule has 0 radical (unpaired) electrons. The Morgan fingerprint density at radius 3 is 2.36 bits per heavy atom. The fourth-order valence-electron chi connectivity index (χ4n) is 3.06. The van der Waals surface area contributed by atoms with Crippen molar-refractivity contribution in [1.82, 2.24) is 4.90 Å². The largest absolute Gasteiger partial charge is 0.494 e. The first-order chi connectivity index (χ1) is 13.7. The summed E-state index contributed by atoms with van der Waals surface area (Å²) in [4.78, 5) is 27.7. The topological polar surface area (TPSA) is 66.8 Å². The van der Waals surface area contributed by atoms with Gasteiger partial charge in [0, 0.05) is 12.3 Å². The first-order valence-electron chi connectivity index (χ1n) is 9.27. The fraction of sp³-hybridized carbons (Fsp3) is 0.273. The molecule has 5 nitrogen and oxygen atoms in total. The molecule has 2 aromatic carbocycles. The summed E-state index contributed by atoms with van der Waals surface area (Å²) in [6, 6.07) is 17.0. The third-order valence-electron chi connectivity index (χ3n) is 4.38. The lowest BCUT2D eigenvalue weighted by molar-refractivity contribution is -0.136. The summed E-state index contributed by atoms with van der Waals surface area (Å²) < 4.78 is 5.46. The minimum absolute atomic E-state index is 0.0593. The van der Waals surface area contributed by atoms with E-state index < -0.39 is 0 Å². The highest BCUT2D eigenvalue weighted by molar-refractivity contribution is 8.04. The summed E-state index contributed by atoms with van der Waals surface area (Å²) in [5, 5.41) is 9.18. The number of nitrogens with zero attached hydrogens (tertiary/aromatic N) is 1. The minimum Gasteiger partial charge on any atom is -0.494 e. The lowest BCUT2D eigenvalue weighted by Gasteiger charge is -2.15. The van der Waals surface area contributed by atoms with Crippen molar-refractivity contribution in [2.75, 3.05) is 25.5 Å². The Morgan fingerprint density at radius 1 is 1.00 bits per heavy atom. The van der Waals surface area contributed by atoms with E-state index in [0.717, 1.165) is 5.56 Å². The average Bonchev–Trinajstić information content (AvgIpc) is 2.96. The van der Waals surface area contributed by atoms with Crippen LogP contribution >= 0.6 is 11.8 Å². The highest BCUT2D eigenvalue weighted by Gasteiger charge is 2.38. The molecule has 0 saturated heterocycles. The zero-order chi connectivity index (χ0) is 19.9. The number of hydrogen-bond donors (Lipinski definition) is 1. The Labute approximate surface area is 169 Å². The van der Waals surface area contributed by atoms with Crippen LogP contribution in [0.5, 0.6) is 5.75 Å². The Kier molecular flexibility index (Phi) is 6.90. The average molecular weight is 397 g/mol. The second-order valence-corrected chi connectivity index (χ2v) is 7.34. The SMILES string of the molecule is CCOc1ccc(C2=C(SCCO)C(=O)N(CCc3ccccc3)C2=O)cc1. The molecule has 0 atom stereocenters. The van der Waals surface area contributed by atoms with E-state index in [4.69, 9.17) is 4.74 Å². The Morgan fingerprint density at radius 2 is 1.71 bits per heavy atom. The molecule has 0 aromatic heterocycles. The molecule has 0 fully saturated rings. The van der Waals surface area contributed by atoms with Crippen LogP contribution in [-0.2, 0) is 16.0 Å². The quantitative estimate of drug-likeness (QED) is 0.659. The van der Waals surface area contributed by atoms with Gasteiger partial charge in [0.2, 0.25) is 0 Å². The van der Waals surface area contributed by atoms with Gasteiger partial charge in [0.25, 0.3) is 11.8 Å². The smallest absolute Gasteiger partial charge is 0.267 e. The highest BCUT2D eigenvalue weighted by atomic mass is 32.2. The molecule has 0 aliphatic carbocycles. The molecule has 146 valence electrons. The van der Waals surface area contributed by atoms with Crippen molar-refractivity contribution in [3.63, 3.8) is 0 Å². The number of hydrogen-bond acceptors (Lipinski definition) is 5. The predicted molar refractivity (Wildman–Crippen MR) is 111 cm³/mol. The zero-order valence-electron chi connectivity index (χ0n) is 15.8. The van der Waals surface area contributed by atoms with Crippen LogP contribution in [0.25, 0.3) is 5.57 Å². The van der Waals surface area contributed by atoms with Gasteiger partial charge in [-0.3, -0.25) is 14.5 Å². The maximum absolute atomic E-state index is 13.1. The molecule has 0 saturated carbocycles. The normalized spacial score (nSPS) is 14.1. The molecule has 28 heavy (non-hydrogen) atoms. The lowest BCUT2D eigenvalue weighted by Crippen LogP contribution is -2.33. The van der Waals surface area contributed by atoms with Gasteiger partial charge in [-0.1, -0.05) is 42.5 Å². The van der Waals surface area contributed by atoms with Crippen molar-refractivity contribution >= 4 is 29.1 Å². The molecule has 1 aliphatic rings. The summed E-state index contributed by atoms with van der Waals surface area (Å²) in [6.07, 6.45) is 0.604. The summed E-state index contributed by atoms with van der Waals surface area (Å²) in [7, 11) is 0. The second-order valence-electron chi connectivity index (χ2n) is 6.23. The van der Waals surface area contributed by atoms with Crippen molar-refractivity contribution in [3.8, 4) is 5.75 Å². The van der Waals surface area contributed by atoms with Gasteiger partial charge < -0.3 is 9.84 Å². The van der Waals surface area contributed by atoms with Gasteiger partial charge in [0.1, 0.15) is 5.75 Å². The van der Waals surface area contributed by atoms with Crippen LogP contribution in [0.15, 0.2) is 59.5 Å².